The molecule has 10 nitrogen and oxygen atoms in total. The largest absolute Gasteiger partial charge is 0.514 e. The van der Waals surface area contributed by atoms with Crippen molar-refractivity contribution in [1.82, 2.24) is 9.80 Å². The number of hydrogen-bond acceptors (Lipinski definition) is 7. The smallest absolute Gasteiger partial charge is 0.465 e. The highest BCUT2D eigenvalue weighted by atomic mass is 16.7. The molecule has 1 aliphatic rings. The van der Waals surface area contributed by atoms with Crippen molar-refractivity contribution in [3.8, 4) is 5.75 Å². The minimum absolute atomic E-state index is 0.0816. The van der Waals surface area contributed by atoms with Crippen molar-refractivity contribution in [3.05, 3.63) is 29.8 Å². The van der Waals surface area contributed by atoms with Crippen LogP contribution in [-0.2, 0) is 9.47 Å². The second-order valence-electron chi connectivity index (χ2n) is 9.79. The lowest BCUT2D eigenvalue weighted by Gasteiger charge is -2.38. The van der Waals surface area contributed by atoms with Gasteiger partial charge in [0.15, 0.2) is 0 Å². The Balaban J connectivity index is 2.19. The first kappa shape index (κ1) is 26.0. The van der Waals surface area contributed by atoms with Crippen molar-refractivity contribution in [1.29, 1.82) is 5.41 Å². The van der Waals surface area contributed by atoms with Gasteiger partial charge >= 0.3 is 18.3 Å². The lowest BCUT2D eigenvalue weighted by atomic mass is 10.0. The molecule has 1 heterocycles. The summed E-state index contributed by atoms with van der Waals surface area (Å²) in [4.78, 5) is 38.6. The molecule has 1 saturated heterocycles. The number of carboxylic acid groups (broad SMARTS) is 1. The van der Waals surface area contributed by atoms with E-state index in [9.17, 15) is 19.5 Å². The van der Waals surface area contributed by atoms with Gasteiger partial charge in [-0.25, -0.2) is 14.4 Å². The molecule has 0 saturated carbocycles. The molecule has 0 aromatic heterocycles. The average Bonchev–Trinajstić information content (AvgIpc) is 2.66. The summed E-state index contributed by atoms with van der Waals surface area (Å²) < 4.78 is 15.8. The van der Waals surface area contributed by atoms with Crippen molar-refractivity contribution in [2.24, 2.45) is 0 Å². The molecule has 33 heavy (non-hydrogen) atoms. The Bertz CT molecular complexity index is 877. The van der Waals surface area contributed by atoms with Crippen molar-refractivity contribution in [3.63, 3.8) is 0 Å². The second kappa shape index (κ2) is 10.1. The second-order valence-corrected chi connectivity index (χ2v) is 9.79. The Hall–Kier alpha value is -3.30. The van der Waals surface area contributed by atoms with Gasteiger partial charge in [-0.05, 0) is 78.6 Å². The van der Waals surface area contributed by atoms with Crippen molar-refractivity contribution in [2.75, 3.05) is 13.1 Å². The first-order chi connectivity index (χ1) is 15.2. The highest BCUT2D eigenvalue weighted by Crippen LogP contribution is 2.23. The van der Waals surface area contributed by atoms with E-state index in [1.807, 2.05) is 0 Å². The first-order valence-corrected chi connectivity index (χ1v) is 10.8. The number of carbonyl (C=O) groups is 3. The summed E-state index contributed by atoms with van der Waals surface area (Å²) in [5.41, 5.74) is -1.04. The maximum atomic E-state index is 13.0. The fourth-order valence-electron chi connectivity index (χ4n) is 3.24. The van der Waals surface area contributed by atoms with Crippen molar-refractivity contribution >= 4 is 24.2 Å². The maximum absolute atomic E-state index is 13.0. The number of piperidine rings is 1. The Morgan fingerprint density at radius 1 is 0.970 bits per heavy atom. The van der Waals surface area contributed by atoms with Gasteiger partial charge in [0, 0.05) is 24.7 Å². The van der Waals surface area contributed by atoms with Gasteiger partial charge in [0.1, 0.15) is 22.8 Å². The van der Waals surface area contributed by atoms with E-state index in [1.54, 1.807) is 53.7 Å². The lowest BCUT2D eigenvalue weighted by Crippen LogP contribution is -2.52. The van der Waals surface area contributed by atoms with Crippen LogP contribution in [-0.4, -0.2) is 69.4 Å². The predicted molar refractivity (Wildman–Crippen MR) is 121 cm³/mol. The van der Waals surface area contributed by atoms with Gasteiger partial charge in [0.25, 0.3) is 0 Å². The molecular weight excluding hydrogens is 430 g/mol. The molecule has 182 valence electrons. The van der Waals surface area contributed by atoms with Crippen molar-refractivity contribution in [2.45, 2.75) is 71.6 Å². The number of nitrogens with zero attached hydrogens (tertiary/aromatic N) is 2. The zero-order valence-electron chi connectivity index (χ0n) is 20.0. The third-order valence-electron chi connectivity index (χ3n) is 4.65. The number of benzene rings is 1. The van der Waals surface area contributed by atoms with Crippen LogP contribution in [0.1, 0.15) is 59.9 Å². The zero-order chi connectivity index (χ0) is 25.0. The predicted octanol–water partition coefficient (Wildman–Crippen LogP) is 4.71. The number of rotatable bonds is 3. The van der Waals surface area contributed by atoms with E-state index >= 15 is 0 Å². The number of likely N-dealkylation sites (tertiary alicyclic amines) is 1. The number of hydrogen-bond donors (Lipinski definition) is 2. The van der Waals surface area contributed by atoms with E-state index < -0.39 is 29.5 Å². The minimum Gasteiger partial charge on any atom is -0.465 e. The van der Waals surface area contributed by atoms with Gasteiger partial charge in [0.2, 0.25) is 0 Å². The van der Waals surface area contributed by atoms with Crippen LogP contribution in [0.4, 0.5) is 14.4 Å². The van der Waals surface area contributed by atoms with Crippen LogP contribution in [0.3, 0.4) is 0 Å². The average molecular weight is 464 g/mol. The highest BCUT2D eigenvalue weighted by molar-refractivity contribution is 6.05. The molecule has 2 amide bonds. The molecule has 1 fully saturated rings. The molecule has 0 bridgehead atoms. The molecule has 2 N–H and O–H groups in total. The zero-order valence-corrected chi connectivity index (χ0v) is 20.0. The molecule has 0 spiro atoms. The summed E-state index contributed by atoms with van der Waals surface area (Å²) in [7, 11) is 0. The molecule has 0 unspecified atom stereocenters. The first-order valence-electron chi connectivity index (χ1n) is 10.8. The summed E-state index contributed by atoms with van der Waals surface area (Å²) in [6.45, 7) is 10.9. The van der Waals surface area contributed by atoms with E-state index in [0.29, 0.717) is 18.4 Å². The molecule has 0 aliphatic carbocycles. The Morgan fingerprint density at radius 3 is 1.94 bits per heavy atom. The summed E-state index contributed by atoms with van der Waals surface area (Å²) in [6, 6.07) is 5.75. The van der Waals surface area contributed by atoms with Crippen LogP contribution >= 0.6 is 0 Å². The van der Waals surface area contributed by atoms with Crippen LogP contribution in [0.2, 0.25) is 0 Å². The highest BCUT2D eigenvalue weighted by Gasteiger charge is 2.35. The topological polar surface area (TPSA) is 129 Å². The SMILES string of the molecule is CC(C)(C)OC(=O)Oc1ccc(C(=N)N(C(=O)OC(C)(C)C)C2CCN(C(=O)O)CC2)cc1. The van der Waals surface area contributed by atoms with Crippen molar-refractivity contribution < 1.29 is 33.7 Å². The van der Waals surface area contributed by atoms with E-state index in [2.05, 4.69) is 0 Å². The summed E-state index contributed by atoms with van der Waals surface area (Å²) in [5.74, 6) is 0.154. The van der Waals surface area contributed by atoms with Gasteiger partial charge < -0.3 is 24.2 Å². The normalized spacial score (nSPS) is 14.9. The Kier molecular flexibility index (Phi) is 7.94. The van der Waals surface area contributed by atoms with Gasteiger partial charge in [-0.2, -0.15) is 0 Å². The van der Waals surface area contributed by atoms with E-state index in [4.69, 9.17) is 19.6 Å². The molecule has 0 radical (unpaired) electrons. The lowest BCUT2D eigenvalue weighted by molar-refractivity contribution is 0.0203. The quantitative estimate of drug-likeness (QED) is 0.287. The molecule has 1 aliphatic heterocycles. The van der Waals surface area contributed by atoms with Crippen LogP contribution in [0.5, 0.6) is 5.75 Å². The molecule has 1 aromatic rings. The van der Waals surface area contributed by atoms with Gasteiger partial charge in [-0.15, -0.1) is 0 Å². The van der Waals surface area contributed by atoms with Gasteiger partial charge in [-0.3, -0.25) is 10.3 Å². The van der Waals surface area contributed by atoms with Crippen LogP contribution < -0.4 is 4.74 Å². The number of ether oxygens (including phenoxy) is 3. The fourth-order valence-corrected chi connectivity index (χ4v) is 3.24. The Labute approximate surface area is 193 Å². The summed E-state index contributed by atoms with van der Waals surface area (Å²) in [5, 5.41) is 17.9. The van der Waals surface area contributed by atoms with E-state index in [-0.39, 0.29) is 30.7 Å². The van der Waals surface area contributed by atoms with E-state index in [0.717, 1.165) is 0 Å². The number of amides is 2. The molecule has 2 rings (SSSR count). The third-order valence-corrected chi connectivity index (χ3v) is 4.65. The molecule has 1 aromatic carbocycles. The monoisotopic (exact) mass is 463 g/mol. The number of carbonyl (C=O) groups excluding carboxylic acids is 2. The molecule has 10 heteroatoms. The maximum Gasteiger partial charge on any atom is 0.514 e. The Morgan fingerprint density at radius 2 is 1.48 bits per heavy atom. The van der Waals surface area contributed by atoms with Crippen LogP contribution in [0.15, 0.2) is 24.3 Å². The molecule has 0 atom stereocenters. The third kappa shape index (κ3) is 7.96. The standard InChI is InChI=1S/C23H33N3O7/c1-22(2,3)32-20(29)26(16-11-13-25(14-12-16)19(27)28)18(24)15-7-9-17(10-8-15)31-21(30)33-23(4,5)6/h7-10,16,24H,11-14H2,1-6H3,(H,27,28). The fraction of sp³-hybridized carbons (Fsp3) is 0.565. The van der Waals surface area contributed by atoms with Gasteiger partial charge in [-0.1, -0.05) is 0 Å². The van der Waals surface area contributed by atoms with Crippen LogP contribution in [0.25, 0.3) is 0 Å². The van der Waals surface area contributed by atoms with Crippen LogP contribution in [0, 0.1) is 5.41 Å². The minimum atomic E-state index is -1.01. The number of nitrogens with one attached hydrogen (secondary N) is 1. The summed E-state index contributed by atoms with van der Waals surface area (Å²) in [6.07, 6.45) is -1.75. The van der Waals surface area contributed by atoms with E-state index in [1.165, 1.54) is 21.9 Å². The van der Waals surface area contributed by atoms with Gasteiger partial charge in [0.05, 0.1) is 0 Å². The molecular formula is C23H33N3O7. The number of amidine groups is 1. The summed E-state index contributed by atoms with van der Waals surface area (Å²) >= 11 is 0.